The largest absolute Gasteiger partial charge is 0.331 e. The second-order valence-corrected chi connectivity index (χ2v) is 7.02. The molecule has 19 heavy (non-hydrogen) atoms. The summed E-state index contributed by atoms with van der Waals surface area (Å²) in [7, 11) is 0. The maximum Gasteiger partial charge on any atom is 0.143 e. The van der Waals surface area contributed by atoms with E-state index in [0.717, 1.165) is 14.2 Å². The molecule has 0 saturated carbocycles. The second kappa shape index (κ2) is 5.35. The molecule has 1 saturated heterocycles. The number of hydrogen-bond donors (Lipinski definition) is 1. The standard InChI is InChI=1S/C15H17NS3/c1-7-8(2)10(4)12(11(5)9(7)3)6-13-14(17)16-15(18)19-13/h6H,1-5H3,(H,16,17,18). The Bertz CT molecular complexity index is 598. The average Bonchev–Trinajstić information content (AvgIpc) is 2.68. The summed E-state index contributed by atoms with van der Waals surface area (Å²) in [6.07, 6.45) is 2.17. The van der Waals surface area contributed by atoms with Crippen molar-refractivity contribution in [3.8, 4) is 0 Å². The molecule has 1 aliphatic rings. The fourth-order valence-electron chi connectivity index (χ4n) is 2.30. The number of benzene rings is 1. The van der Waals surface area contributed by atoms with Gasteiger partial charge >= 0.3 is 0 Å². The van der Waals surface area contributed by atoms with Gasteiger partial charge in [0.2, 0.25) is 0 Å². The number of nitrogens with one attached hydrogen (secondary N) is 1. The van der Waals surface area contributed by atoms with E-state index < -0.39 is 0 Å². The summed E-state index contributed by atoms with van der Waals surface area (Å²) in [5, 5.41) is 3.02. The first-order chi connectivity index (χ1) is 8.82. The Kier molecular flexibility index (Phi) is 4.14. The molecule has 1 aliphatic heterocycles. The first-order valence-electron chi connectivity index (χ1n) is 6.14. The van der Waals surface area contributed by atoms with Crippen molar-refractivity contribution in [2.24, 2.45) is 0 Å². The van der Waals surface area contributed by atoms with Crippen LogP contribution in [0.2, 0.25) is 0 Å². The fourth-order valence-corrected chi connectivity index (χ4v) is 3.76. The molecule has 1 aromatic carbocycles. The molecule has 0 spiro atoms. The third-order valence-corrected chi connectivity index (χ3v) is 5.61. The van der Waals surface area contributed by atoms with Crippen LogP contribution in [0.4, 0.5) is 0 Å². The number of hydrogen-bond acceptors (Lipinski definition) is 3. The van der Waals surface area contributed by atoms with Gasteiger partial charge in [0.05, 0.1) is 0 Å². The molecule has 1 N–H and O–H groups in total. The lowest BCUT2D eigenvalue weighted by atomic mass is 9.89. The lowest BCUT2D eigenvalue weighted by Gasteiger charge is -2.16. The van der Waals surface area contributed by atoms with Crippen molar-refractivity contribution >= 4 is 51.6 Å². The number of thioether (sulfide) groups is 1. The van der Waals surface area contributed by atoms with Crippen molar-refractivity contribution in [1.82, 2.24) is 5.32 Å². The van der Waals surface area contributed by atoms with Gasteiger partial charge in [-0.05, 0) is 74.1 Å². The van der Waals surface area contributed by atoms with E-state index in [-0.39, 0.29) is 0 Å². The molecule has 1 fully saturated rings. The smallest absolute Gasteiger partial charge is 0.143 e. The molecule has 1 heterocycles. The van der Waals surface area contributed by atoms with Gasteiger partial charge in [-0.25, -0.2) is 0 Å². The fraction of sp³-hybridized carbons (Fsp3) is 0.333. The van der Waals surface area contributed by atoms with Crippen molar-refractivity contribution in [2.45, 2.75) is 34.6 Å². The van der Waals surface area contributed by atoms with Crippen LogP contribution in [0.3, 0.4) is 0 Å². The lowest BCUT2D eigenvalue weighted by molar-refractivity contribution is 1.16. The quantitative estimate of drug-likeness (QED) is 0.604. The summed E-state index contributed by atoms with van der Waals surface area (Å²) in [5.74, 6) is 0. The summed E-state index contributed by atoms with van der Waals surface area (Å²) in [5.41, 5.74) is 8.03. The normalized spacial score (nSPS) is 17.2. The molecule has 0 amide bonds. The highest BCUT2D eigenvalue weighted by atomic mass is 32.2. The van der Waals surface area contributed by atoms with E-state index in [4.69, 9.17) is 24.4 Å². The van der Waals surface area contributed by atoms with Gasteiger partial charge < -0.3 is 5.32 Å². The van der Waals surface area contributed by atoms with Crippen LogP contribution in [0, 0.1) is 34.6 Å². The Morgan fingerprint density at radius 3 is 1.74 bits per heavy atom. The van der Waals surface area contributed by atoms with Crippen LogP contribution in [0.1, 0.15) is 33.4 Å². The van der Waals surface area contributed by atoms with Gasteiger partial charge in [0.1, 0.15) is 9.31 Å². The van der Waals surface area contributed by atoms with Crippen molar-refractivity contribution in [3.05, 3.63) is 38.3 Å². The zero-order valence-corrected chi connectivity index (χ0v) is 14.3. The van der Waals surface area contributed by atoms with Crippen LogP contribution >= 0.6 is 36.2 Å². The maximum atomic E-state index is 5.31. The molecule has 0 bridgehead atoms. The summed E-state index contributed by atoms with van der Waals surface area (Å²) < 4.78 is 0.743. The van der Waals surface area contributed by atoms with Gasteiger partial charge in [0, 0.05) is 4.91 Å². The molecule has 100 valence electrons. The maximum absolute atomic E-state index is 5.31. The second-order valence-electron chi connectivity index (χ2n) is 4.89. The first kappa shape index (κ1) is 14.7. The minimum Gasteiger partial charge on any atom is -0.331 e. The monoisotopic (exact) mass is 307 g/mol. The molecular formula is C15H17NS3. The summed E-state index contributed by atoms with van der Waals surface area (Å²) in [4.78, 5) is 1.79. The van der Waals surface area contributed by atoms with Gasteiger partial charge in [0.25, 0.3) is 0 Å². The number of rotatable bonds is 1. The Morgan fingerprint density at radius 2 is 1.32 bits per heavy atom. The predicted molar refractivity (Wildman–Crippen MR) is 94.0 cm³/mol. The van der Waals surface area contributed by atoms with Crippen molar-refractivity contribution in [1.29, 1.82) is 0 Å². The van der Waals surface area contributed by atoms with Gasteiger partial charge in [-0.15, -0.1) is 0 Å². The van der Waals surface area contributed by atoms with Crippen LogP contribution in [0.5, 0.6) is 0 Å². The molecule has 1 aromatic rings. The first-order valence-corrected chi connectivity index (χ1v) is 7.78. The lowest BCUT2D eigenvalue weighted by Crippen LogP contribution is -2.15. The topological polar surface area (TPSA) is 12.0 Å². The molecule has 0 aromatic heterocycles. The molecule has 0 atom stereocenters. The van der Waals surface area contributed by atoms with Gasteiger partial charge in [0.15, 0.2) is 0 Å². The zero-order valence-electron chi connectivity index (χ0n) is 11.8. The summed E-state index contributed by atoms with van der Waals surface area (Å²) in [6, 6.07) is 0. The van der Waals surface area contributed by atoms with E-state index in [2.05, 4.69) is 46.0 Å². The number of thiocarbonyl (C=S) groups is 2. The molecule has 0 aliphatic carbocycles. The van der Waals surface area contributed by atoms with E-state index >= 15 is 0 Å². The van der Waals surface area contributed by atoms with Crippen LogP contribution < -0.4 is 5.32 Å². The summed E-state index contributed by atoms with van der Waals surface area (Å²) >= 11 is 12.0. The highest BCUT2D eigenvalue weighted by Crippen LogP contribution is 2.32. The van der Waals surface area contributed by atoms with E-state index in [0.29, 0.717) is 0 Å². The van der Waals surface area contributed by atoms with Gasteiger partial charge in [-0.3, -0.25) is 0 Å². The Hall–Kier alpha value is -0.710. The third kappa shape index (κ3) is 2.62. The van der Waals surface area contributed by atoms with E-state index in [1.807, 2.05) is 0 Å². The Balaban J connectivity index is 2.62. The molecule has 2 rings (SSSR count). The highest BCUT2D eigenvalue weighted by Gasteiger charge is 2.20. The Labute approximate surface area is 129 Å². The summed E-state index contributed by atoms with van der Waals surface area (Å²) in [6.45, 7) is 10.9. The minimum absolute atomic E-state index is 0.740. The molecule has 0 unspecified atom stereocenters. The van der Waals surface area contributed by atoms with Gasteiger partial charge in [-0.1, -0.05) is 36.2 Å². The average molecular weight is 308 g/mol. The van der Waals surface area contributed by atoms with Crippen LogP contribution in [-0.4, -0.2) is 9.31 Å². The third-order valence-electron chi connectivity index (χ3n) is 3.98. The van der Waals surface area contributed by atoms with E-state index in [1.54, 1.807) is 11.8 Å². The SMILES string of the molecule is Cc1c(C)c(C)c(C=C2SC(=S)NC2=S)c(C)c1C. The van der Waals surface area contributed by atoms with Crippen molar-refractivity contribution < 1.29 is 0 Å². The van der Waals surface area contributed by atoms with Crippen LogP contribution in [0.25, 0.3) is 6.08 Å². The Morgan fingerprint density at radius 1 is 0.842 bits per heavy atom. The van der Waals surface area contributed by atoms with Crippen LogP contribution in [-0.2, 0) is 0 Å². The van der Waals surface area contributed by atoms with E-state index in [1.165, 1.54) is 33.4 Å². The molecular weight excluding hydrogens is 290 g/mol. The molecule has 1 nitrogen and oxygen atoms in total. The zero-order chi connectivity index (χ0) is 14.3. The van der Waals surface area contributed by atoms with Crippen LogP contribution in [0.15, 0.2) is 4.91 Å². The van der Waals surface area contributed by atoms with E-state index in [9.17, 15) is 0 Å². The minimum atomic E-state index is 0.740. The van der Waals surface area contributed by atoms with Crippen molar-refractivity contribution in [3.63, 3.8) is 0 Å². The van der Waals surface area contributed by atoms with Gasteiger partial charge in [-0.2, -0.15) is 0 Å². The predicted octanol–water partition coefficient (Wildman–Crippen LogP) is 4.52. The molecule has 4 heteroatoms. The molecule has 0 radical (unpaired) electrons. The van der Waals surface area contributed by atoms with Crippen molar-refractivity contribution in [2.75, 3.05) is 0 Å². The highest BCUT2D eigenvalue weighted by molar-refractivity contribution is 8.27.